The van der Waals surface area contributed by atoms with Gasteiger partial charge >= 0.3 is 0 Å². The second-order valence-electron chi connectivity index (χ2n) is 19.3. The second kappa shape index (κ2) is 16.5. The topological polar surface area (TPSA) is 37.4 Å². The minimum atomic E-state index is 0. The summed E-state index contributed by atoms with van der Waals surface area (Å²) in [7, 11) is 0. The van der Waals surface area contributed by atoms with Gasteiger partial charge < -0.3 is 23.3 Å². The Balaban J connectivity index is 0.00000492. The molecule has 0 aliphatic carbocycles. The molecular weight excluding hydrogens is 1050 g/mol. The third kappa shape index (κ3) is 6.69. The maximum Gasteiger partial charge on any atom is 0.143 e. The van der Waals surface area contributed by atoms with E-state index in [9.17, 15) is 0 Å². The average molecular weight is 1090 g/mol. The number of hydrogen-bond donors (Lipinski definition) is 0. The molecule has 4 aromatic heterocycles. The molecule has 0 spiro atoms. The van der Waals surface area contributed by atoms with Crippen LogP contribution in [-0.2, 0) is 26.5 Å². The Labute approximate surface area is 425 Å². The molecule has 0 radical (unpaired) electrons. The predicted molar refractivity (Wildman–Crippen MR) is 289 cm³/mol. The van der Waals surface area contributed by atoms with Crippen molar-refractivity contribution in [1.29, 1.82) is 0 Å². The van der Waals surface area contributed by atoms with Crippen LogP contribution in [0.25, 0.3) is 87.8 Å². The van der Waals surface area contributed by atoms with E-state index in [1.165, 1.54) is 21.9 Å². The van der Waals surface area contributed by atoms with E-state index in [2.05, 4.69) is 234 Å². The fourth-order valence-corrected chi connectivity index (χ4v) is 10.9. The fourth-order valence-electron chi connectivity index (χ4n) is 10.9. The van der Waals surface area contributed by atoms with Crippen LogP contribution >= 0.6 is 0 Å². The molecule has 1 aliphatic heterocycles. The minimum Gasteiger partial charge on any atom is -0.509 e. The molecule has 0 bridgehead atoms. The third-order valence-electron chi connectivity index (χ3n) is 14.2. The number of nitrogens with zero attached hydrogens (tertiary/aromatic N) is 5. The number of aromatic nitrogens is 3. The van der Waals surface area contributed by atoms with Crippen molar-refractivity contribution in [3.63, 3.8) is 0 Å². The molecular formula is C64H44N5OPt-3. The summed E-state index contributed by atoms with van der Waals surface area (Å²) < 4.78 is 11.5. The number of benzene rings is 9. The van der Waals surface area contributed by atoms with Gasteiger partial charge in [0, 0.05) is 88.5 Å². The fraction of sp³-hybridized carbons (Fsp3) is 0.0625. The van der Waals surface area contributed by atoms with Crippen molar-refractivity contribution in [3.8, 4) is 33.8 Å². The first kappa shape index (κ1) is 42.9. The molecule has 9 aromatic carbocycles. The molecule has 1 aliphatic rings. The van der Waals surface area contributed by atoms with Crippen molar-refractivity contribution in [1.82, 2.24) is 13.8 Å². The van der Waals surface area contributed by atoms with Gasteiger partial charge in [0.2, 0.25) is 0 Å². The zero-order valence-corrected chi connectivity index (χ0v) is 41.4. The summed E-state index contributed by atoms with van der Waals surface area (Å²) in [4.78, 5) is 9.67. The summed E-state index contributed by atoms with van der Waals surface area (Å²) in [6.07, 6.45) is 1.89. The number of fused-ring (bicyclic) bond motifs is 11. The van der Waals surface area contributed by atoms with Gasteiger partial charge in [-0.05, 0) is 63.9 Å². The van der Waals surface area contributed by atoms with Gasteiger partial charge in [0.05, 0.1) is 22.1 Å². The van der Waals surface area contributed by atoms with E-state index in [1.54, 1.807) is 0 Å². The summed E-state index contributed by atoms with van der Waals surface area (Å²) in [5.41, 5.74) is 16.3. The first-order chi connectivity index (χ1) is 34.4. The normalized spacial score (nSPS) is 12.8. The minimum absolute atomic E-state index is 0. The van der Waals surface area contributed by atoms with Gasteiger partial charge in [-0.1, -0.05) is 160 Å². The monoisotopic (exact) mass is 1090 g/mol. The molecule has 5 heterocycles. The van der Waals surface area contributed by atoms with Crippen molar-refractivity contribution < 1.29 is 25.8 Å². The van der Waals surface area contributed by atoms with Gasteiger partial charge in [-0.25, -0.2) is 4.98 Å². The third-order valence-corrected chi connectivity index (χ3v) is 14.2. The van der Waals surface area contributed by atoms with Crippen molar-refractivity contribution in [3.05, 3.63) is 231 Å². The molecule has 0 unspecified atom stereocenters. The van der Waals surface area contributed by atoms with Gasteiger partial charge in [0.15, 0.2) is 0 Å². The van der Waals surface area contributed by atoms with E-state index >= 15 is 0 Å². The molecule has 6 nitrogen and oxygen atoms in total. The van der Waals surface area contributed by atoms with Crippen LogP contribution in [0.4, 0.5) is 22.7 Å². The van der Waals surface area contributed by atoms with Crippen LogP contribution in [0.2, 0.25) is 0 Å². The van der Waals surface area contributed by atoms with Crippen LogP contribution in [-0.4, -0.2) is 13.8 Å². The number of pyridine rings is 1. The average Bonchev–Trinajstić information content (AvgIpc) is 4.06. The van der Waals surface area contributed by atoms with Crippen molar-refractivity contribution in [2.24, 2.45) is 0 Å². The number of hydrogen-bond acceptors (Lipinski definition) is 4. The Morgan fingerprint density at radius 2 is 1.07 bits per heavy atom. The summed E-state index contributed by atoms with van der Waals surface area (Å²) in [6.45, 7) is 8.97. The molecule has 0 saturated carbocycles. The standard InChI is InChI=1S/C64H44N5O.Pt/c1-64(2,3)43-33-31-42(32-34-43)48-22-12-21-47(41-16-5-4-6-17-41)60(48)67-40-66(56-28-9-10-29-57(56)67)44-18-11-19-45(38-44)70-46-35-36-50-52-25-14-30-58-62(52)69(59(50)39-46)63-54(26-15-37-65-63)53-24-13-23-51-49-20-7-8-27-55(49)68(58)61(51)53;/h4-37,40H,1-3H3;/q-3;. The van der Waals surface area contributed by atoms with Gasteiger partial charge in [0.1, 0.15) is 5.65 Å². The number of rotatable bonds is 6. The van der Waals surface area contributed by atoms with Crippen molar-refractivity contribution >= 4 is 88.3 Å². The Bertz CT molecular complexity index is 4240. The zero-order valence-electron chi connectivity index (χ0n) is 39.2. The zero-order chi connectivity index (χ0) is 46.7. The Morgan fingerprint density at radius 3 is 1.86 bits per heavy atom. The van der Waals surface area contributed by atoms with Crippen LogP contribution in [0.5, 0.6) is 11.5 Å². The summed E-state index contributed by atoms with van der Waals surface area (Å²) in [5.74, 6) is 1.17. The van der Waals surface area contributed by atoms with E-state index in [4.69, 9.17) is 9.72 Å². The van der Waals surface area contributed by atoms with Crippen LogP contribution in [0.3, 0.4) is 0 Å². The molecule has 7 heteroatoms. The van der Waals surface area contributed by atoms with Gasteiger partial charge in [-0.15, -0.1) is 48.1 Å². The molecule has 344 valence electrons. The quantitative estimate of drug-likeness (QED) is 0.156. The van der Waals surface area contributed by atoms with Crippen LogP contribution in [0, 0.1) is 18.8 Å². The number of ether oxygens (including phenoxy) is 1. The number of para-hydroxylation sites is 6. The van der Waals surface area contributed by atoms with Gasteiger partial charge in [-0.3, -0.25) is 0 Å². The van der Waals surface area contributed by atoms with Gasteiger partial charge in [-0.2, -0.15) is 12.1 Å². The Kier molecular flexibility index (Phi) is 9.95. The predicted octanol–water partition coefficient (Wildman–Crippen LogP) is 16.8. The van der Waals surface area contributed by atoms with Gasteiger partial charge in [0.25, 0.3) is 0 Å². The molecule has 0 N–H and O–H groups in total. The maximum absolute atomic E-state index is 6.81. The smallest absolute Gasteiger partial charge is 0.143 e. The molecule has 0 amide bonds. The molecule has 0 saturated heterocycles. The maximum atomic E-state index is 6.81. The Morgan fingerprint density at radius 1 is 0.465 bits per heavy atom. The van der Waals surface area contributed by atoms with E-state index in [-0.39, 0.29) is 26.5 Å². The first-order valence-electron chi connectivity index (χ1n) is 23.9. The van der Waals surface area contributed by atoms with Crippen molar-refractivity contribution in [2.45, 2.75) is 26.2 Å². The summed E-state index contributed by atoms with van der Waals surface area (Å²) >= 11 is 0. The van der Waals surface area contributed by atoms with E-state index in [1.807, 2.05) is 30.5 Å². The van der Waals surface area contributed by atoms with E-state index in [0.717, 1.165) is 94.3 Å². The van der Waals surface area contributed by atoms with Crippen LogP contribution < -0.4 is 14.5 Å². The van der Waals surface area contributed by atoms with E-state index < -0.39 is 0 Å². The molecule has 13 aromatic rings. The molecule has 0 fully saturated rings. The van der Waals surface area contributed by atoms with Crippen LogP contribution in [0.1, 0.15) is 26.3 Å². The molecule has 14 rings (SSSR count). The summed E-state index contributed by atoms with van der Waals surface area (Å²) in [6, 6.07) is 78.8. The summed E-state index contributed by atoms with van der Waals surface area (Å²) in [5, 5.41) is 6.82. The Hall–Kier alpha value is -8.18. The van der Waals surface area contributed by atoms with Crippen LogP contribution in [0.15, 0.2) is 206 Å². The van der Waals surface area contributed by atoms with Crippen molar-refractivity contribution in [2.75, 3.05) is 9.80 Å². The largest absolute Gasteiger partial charge is 0.509 e. The van der Waals surface area contributed by atoms with E-state index in [0.29, 0.717) is 11.5 Å². The number of anilines is 4. The SMILES string of the molecule is CC(C)(C)c1ccc(-c2cccc(-c3ccccc3)c2N2[CH-]N(c3[c-]c(Oc4[c-]c5c(cc4)c4cccc6c4n5c4ncccc4c4cccc5c7ccccc7n6c54)ccc3)c3ccccc32)cc1.[Pt]. The first-order valence-corrected chi connectivity index (χ1v) is 23.9. The second-order valence-corrected chi connectivity index (χ2v) is 19.3. The molecule has 71 heavy (non-hydrogen) atoms. The molecule has 0 atom stereocenters.